The van der Waals surface area contributed by atoms with Gasteiger partial charge in [-0.2, -0.15) is 0 Å². The molecule has 0 N–H and O–H groups in total. The van der Waals surface area contributed by atoms with Crippen LogP contribution >= 0.6 is 11.3 Å². The summed E-state index contributed by atoms with van der Waals surface area (Å²) in [5.74, 6) is -0.277. The van der Waals surface area contributed by atoms with E-state index >= 15 is 0 Å². The third-order valence-electron chi connectivity index (χ3n) is 5.44. The smallest absolute Gasteiger partial charge is 0.325 e. The highest BCUT2D eigenvalue weighted by Gasteiger charge is 2.58. The highest BCUT2D eigenvalue weighted by Crippen LogP contribution is 2.49. The first-order chi connectivity index (χ1) is 13.8. The summed E-state index contributed by atoms with van der Waals surface area (Å²) in [6.45, 7) is 0.447. The van der Waals surface area contributed by atoms with Gasteiger partial charge in [-0.05, 0) is 29.1 Å². The molecule has 1 fully saturated rings. The second kappa shape index (κ2) is 7.00. The van der Waals surface area contributed by atoms with Crippen molar-refractivity contribution in [1.29, 1.82) is 0 Å². The number of thiophene rings is 1. The maximum atomic E-state index is 13.1. The topological polar surface area (TPSA) is 48.4 Å². The van der Waals surface area contributed by atoms with Gasteiger partial charge in [-0.1, -0.05) is 48.5 Å². The first-order valence-electron chi connectivity index (χ1n) is 9.32. The van der Waals surface area contributed by atoms with E-state index in [4.69, 9.17) is 9.47 Å². The van der Waals surface area contributed by atoms with E-state index < -0.39 is 5.41 Å². The predicted molar refractivity (Wildman–Crippen MR) is 108 cm³/mol. The minimum absolute atomic E-state index is 0.277. The van der Waals surface area contributed by atoms with Crippen molar-refractivity contribution in [2.75, 3.05) is 0 Å². The van der Waals surface area contributed by atoms with Crippen molar-refractivity contribution in [2.45, 2.75) is 30.7 Å². The van der Waals surface area contributed by atoms with Gasteiger partial charge in [0.2, 0.25) is 0 Å². The molecule has 3 unspecified atom stereocenters. The van der Waals surface area contributed by atoms with Crippen molar-refractivity contribution >= 4 is 22.9 Å². The number of esters is 1. The zero-order valence-electron chi connectivity index (χ0n) is 15.2. The summed E-state index contributed by atoms with van der Waals surface area (Å²) in [4.78, 5) is 18.8. The number of aromatic nitrogens is 1. The number of carbonyl (C=O) groups excluding carboxylic acids is 1. The van der Waals surface area contributed by atoms with Crippen LogP contribution in [0.4, 0.5) is 0 Å². The van der Waals surface area contributed by atoms with Crippen LogP contribution in [0, 0.1) is 0 Å². The monoisotopic (exact) mass is 389 g/mol. The maximum absolute atomic E-state index is 13.1. The van der Waals surface area contributed by atoms with Crippen LogP contribution < -0.4 is 0 Å². The van der Waals surface area contributed by atoms with E-state index in [-0.39, 0.29) is 18.2 Å². The molecule has 140 valence electrons. The number of nitrogens with zero attached hydrogens (tertiary/aromatic N) is 1. The Kier molecular flexibility index (Phi) is 4.34. The van der Waals surface area contributed by atoms with Crippen molar-refractivity contribution < 1.29 is 14.3 Å². The van der Waals surface area contributed by atoms with Crippen molar-refractivity contribution in [3.63, 3.8) is 0 Å². The fourth-order valence-corrected chi connectivity index (χ4v) is 4.85. The average molecular weight is 389 g/mol. The lowest BCUT2D eigenvalue weighted by Gasteiger charge is -2.47. The summed E-state index contributed by atoms with van der Waals surface area (Å²) in [6, 6.07) is 19.7. The van der Waals surface area contributed by atoms with Crippen LogP contribution in [-0.4, -0.2) is 23.2 Å². The molecule has 0 radical (unpaired) electrons. The molecule has 2 aliphatic heterocycles. The molecular weight excluding hydrogens is 370 g/mol. The molecule has 4 heterocycles. The fraction of sp³-hybridized carbons (Fsp3) is 0.217. The van der Waals surface area contributed by atoms with Crippen molar-refractivity contribution in [3.8, 4) is 0 Å². The van der Waals surface area contributed by atoms with Crippen LogP contribution in [0.3, 0.4) is 0 Å². The van der Waals surface area contributed by atoms with Gasteiger partial charge in [-0.15, -0.1) is 11.3 Å². The molecule has 2 bridgehead atoms. The summed E-state index contributed by atoms with van der Waals surface area (Å²) < 4.78 is 12.2. The quantitative estimate of drug-likeness (QED) is 0.608. The zero-order chi connectivity index (χ0) is 19.0. The van der Waals surface area contributed by atoms with Crippen molar-refractivity contribution in [1.82, 2.24) is 4.98 Å². The number of hydrogen-bond donors (Lipinski definition) is 0. The molecule has 28 heavy (non-hydrogen) atoms. The summed E-state index contributed by atoms with van der Waals surface area (Å²) in [6.07, 6.45) is 3.77. The van der Waals surface area contributed by atoms with Crippen LogP contribution in [-0.2, 0) is 26.3 Å². The van der Waals surface area contributed by atoms with Gasteiger partial charge >= 0.3 is 5.97 Å². The Bertz CT molecular complexity index is 1000. The van der Waals surface area contributed by atoms with Gasteiger partial charge in [0.05, 0.1) is 18.4 Å². The highest BCUT2D eigenvalue weighted by molar-refractivity contribution is 7.11. The van der Waals surface area contributed by atoms with E-state index in [1.807, 2.05) is 66.1 Å². The molecule has 6 rings (SSSR count). The van der Waals surface area contributed by atoms with E-state index in [1.54, 1.807) is 17.5 Å². The summed E-state index contributed by atoms with van der Waals surface area (Å²) in [5, 5.41) is 2.04. The average Bonchev–Trinajstić information content (AvgIpc) is 3.28. The second-order valence-electron chi connectivity index (χ2n) is 7.08. The molecule has 0 amide bonds. The first-order valence-corrected chi connectivity index (χ1v) is 10.2. The van der Waals surface area contributed by atoms with Gasteiger partial charge in [0, 0.05) is 23.1 Å². The molecule has 0 saturated carbocycles. The maximum Gasteiger partial charge on any atom is 0.325 e. The molecule has 3 atom stereocenters. The molecule has 3 aliphatic rings. The minimum atomic E-state index is -1.02. The van der Waals surface area contributed by atoms with Crippen molar-refractivity contribution in [3.05, 3.63) is 94.5 Å². The fourth-order valence-electron chi connectivity index (χ4n) is 4.06. The van der Waals surface area contributed by atoms with Gasteiger partial charge < -0.3 is 9.47 Å². The van der Waals surface area contributed by atoms with E-state index in [0.29, 0.717) is 18.7 Å². The Balaban J connectivity index is 1.57. The van der Waals surface area contributed by atoms with Gasteiger partial charge in [0.1, 0.15) is 6.10 Å². The molecule has 1 aromatic carbocycles. The Morgan fingerprint density at radius 2 is 1.96 bits per heavy atom. The van der Waals surface area contributed by atoms with Crippen LogP contribution in [0.25, 0.3) is 5.57 Å². The van der Waals surface area contributed by atoms with Gasteiger partial charge in [0.25, 0.3) is 0 Å². The SMILES string of the molecule is O=C1OC2CC(OCc3ccccc3)C1(c1ccccn1)C=C2c1cccs1. The second-order valence-corrected chi connectivity index (χ2v) is 8.02. The number of pyridine rings is 1. The summed E-state index contributed by atoms with van der Waals surface area (Å²) in [7, 11) is 0. The third-order valence-corrected chi connectivity index (χ3v) is 6.36. The van der Waals surface area contributed by atoms with E-state index in [2.05, 4.69) is 11.1 Å². The Morgan fingerprint density at radius 3 is 2.71 bits per heavy atom. The van der Waals surface area contributed by atoms with Gasteiger partial charge in [-0.3, -0.25) is 9.78 Å². The van der Waals surface area contributed by atoms with Crippen LogP contribution in [0.1, 0.15) is 22.6 Å². The molecular formula is C23H19NO3S. The number of fused-ring (bicyclic) bond motifs is 2. The minimum Gasteiger partial charge on any atom is -0.456 e. The van der Waals surface area contributed by atoms with E-state index in [9.17, 15) is 4.79 Å². The zero-order valence-corrected chi connectivity index (χ0v) is 16.0. The molecule has 5 heteroatoms. The molecule has 1 saturated heterocycles. The molecule has 3 aromatic rings. The number of benzene rings is 1. The van der Waals surface area contributed by atoms with Gasteiger partial charge in [-0.25, -0.2) is 0 Å². The molecule has 0 spiro atoms. The lowest BCUT2D eigenvalue weighted by molar-refractivity contribution is -0.173. The number of carbonyl (C=O) groups is 1. The Morgan fingerprint density at radius 1 is 1.11 bits per heavy atom. The first kappa shape index (κ1) is 17.3. The summed E-state index contributed by atoms with van der Waals surface area (Å²) >= 11 is 1.65. The Hall–Kier alpha value is -2.76. The van der Waals surface area contributed by atoms with Crippen molar-refractivity contribution in [2.24, 2.45) is 0 Å². The number of ether oxygens (including phenoxy) is 2. The molecule has 1 aliphatic carbocycles. The lowest BCUT2D eigenvalue weighted by atomic mass is 9.68. The van der Waals surface area contributed by atoms with Crippen LogP contribution in [0.15, 0.2) is 78.3 Å². The number of hydrogen-bond acceptors (Lipinski definition) is 5. The van der Waals surface area contributed by atoms with E-state index in [1.165, 1.54) is 0 Å². The van der Waals surface area contributed by atoms with Crippen LogP contribution in [0.2, 0.25) is 0 Å². The van der Waals surface area contributed by atoms with E-state index in [0.717, 1.165) is 16.0 Å². The Labute approximate surface area is 167 Å². The highest BCUT2D eigenvalue weighted by atomic mass is 32.1. The van der Waals surface area contributed by atoms with Gasteiger partial charge in [0.15, 0.2) is 5.41 Å². The lowest BCUT2D eigenvalue weighted by Crippen LogP contribution is -2.58. The standard InChI is InChI=1S/C23H19NO3S/c25-22-23(20-10-4-5-11-24-20)14-17(19-9-6-12-28-19)18(27-22)13-21(23)26-15-16-7-2-1-3-8-16/h1-12,14,18,21H,13,15H2. The van der Waals surface area contributed by atoms with Crippen LogP contribution in [0.5, 0.6) is 0 Å². The third kappa shape index (κ3) is 2.79. The predicted octanol–water partition coefficient (Wildman–Crippen LogP) is 4.38. The largest absolute Gasteiger partial charge is 0.456 e. The molecule has 2 aromatic heterocycles. The molecule has 4 nitrogen and oxygen atoms in total. The number of rotatable bonds is 5. The summed E-state index contributed by atoms with van der Waals surface area (Å²) in [5.41, 5.74) is 1.78. The normalized spacial score (nSPS) is 26.0.